The molecule has 1 atom stereocenters. The Bertz CT molecular complexity index is 262. The molecule has 0 aromatic rings. The fourth-order valence-corrected chi connectivity index (χ4v) is 4.45. The molecule has 1 heterocycles. The van der Waals surface area contributed by atoms with Gasteiger partial charge in [0.05, 0.1) is 11.8 Å². The van der Waals surface area contributed by atoms with Crippen LogP contribution in [0.5, 0.6) is 0 Å². The van der Waals surface area contributed by atoms with Crippen molar-refractivity contribution >= 4 is 7.52 Å². The van der Waals surface area contributed by atoms with E-state index in [1.165, 1.54) is 0 Å². The summed E-state index contributed by atoms with van der Waals surface area (Å²) in [6.07, 6.45) is 0. The monoisotopic (exact) mass is 219 g/mol. The molecule has 14 heavy (non-hydrogen) atoms. The van der Waals surface area contributed by atoms with Crippen LogP contribution in [0.3, 0.4) is 0 Å². The second-order valence-electron chi connectivity index (χ2n) is 5.82. The molecule has 3 nitrogen and oxygen atoms in total. The molecule has 1 rings (SSSR count). The van der Waals surface area contributed by atoms with Crippen molar-refractivity contribution in [2.45, 2.75) is 52.2 Å². The lowest BCUT2D eigenvalue weighted by molar-refractivity contribution is 0.260. The minimum Gasteiger partial charge on any atom is -0.316 e. The van der Waals surface area contributed by atoms with Gasteiger partial charge in [0.25, 0.3) is 7.52 Å². The van der Waals surface area contributed by atoms with Gasteiger partial charge in [-0.3, -0.25) is 4.57 Å². The molecule has 0 aromatic heterocycles. The van der Waals surface area contributed by atoms with Crippen molar-refractivity contribution in [3.8, 4) is 0 Å². The Morgan fingerprint density at radius 2 is 1.64 bits per heavy atom. The van der Waals surface area contributed by atoms with E-state index in [-0.39, 0.29) is 10.7 Å². The largest absolute Gasteiger partial charge is 0.316 e. The average Bonchev–Trinajstić information content (AvgIpc) is 2.28. The second kappa shape index (κ2) is 3.33. The molecule has 1 fully saturated rings. The highest BCUT2D eigenvalue weighted by Gasteiger charge is 2.50. The molecule has 1 aliphatic rings. The molecule has 1 aliphatic heterocycles. The maximum atomic E-state index is 12.7. The first kappa shape index (κ1) is 12.2. The highest BCUT2D eigenvalue weighted by Crippen LogP contribution is 2.66. The molecule has 0 aromatic carbocycles. The molecule has 0 N–H and O–H groups in total. The Morgan fingerprint density at radius 1 is 1.14 bits per heavy atom. The predicted molar refractivity (Wildman–Crippen MR) is 59.8 cm³/mol. The van der Waals surface area contributed by atoms with Gasteiger partial charge in [0.1, 0.15) is 0 Å². The standard InChI is InChI=1S/C10H22NO2P/c1-9(2,3)11-7-8-13-14(11,12)10(4,5)6/h7-8H2,1-6H3. The van der Waals surface area contributed by atoms with Gasteiger partial charge in [-0.1, -0.05) is 0 Å². The van der Waals surface area contributed by atoms with Gasteiger partial charge in [0.2, 0.25) is 0 Å². The van der Waals surface area contributed by atoms with Crippen molar-refractivity contribution in [3.63, 3.8) is 0 Å². The van der Waals surface area contributed by atoms with Crippen molar-refractivity contribution in [3.05, 3.63) is 0 Å². The van der Waals surface area contributed by atoms with E-state index >= 15 is 0 Å². The SMILES string of the molecule is CC(C)(C)N1CCOP1(=O)C(C)(C)C. The number of nitrogens with zero attached hydrogens (tertiary/aromatic N) is 1. The van der Waals surface area contributed by atoms with Gasteiger partial charge < -0.3 is 4.52 Å². The van der Waals surface area contributed by atoms with Crippen LogP contribution in [0, 0.1) is 0 Å². The van der Waals surface area contributed by atoms with Crippen LogP contribution in [-0.4, -0.2) is 28.5 Å². The third-order valence-electron chi connectivity index (χ3n) is 2.51. The van der Waals surface area contributed by atoms with Gasteiger partial charge in [-0.15, -0.1) is 0 Å². The van der Waals surface area contributed by atoms with Gasteiger partial charge in [-0.2, -0.15) is 0 Å². The van der Waals surface area contributed by atoms with E-state index in [1.807, 2.05) is 25.4 Å². The first-order valence-electron chi connectivity index (χ1n) is 5.12. The van der Waals surface area contributed by atoms with Gasteiger partial charge in [0, 0.05) is 12.1 Å². The summed E-state index contributed by atoms with van der Waals surface area (Å²) in [5, 5.41) is -0.295. The zero-order valence-corrected chi connectivity index (χ0v) is 11.0. The van der Waals surface area contributed by atoms with Crippen LogP contribution in [0.2, 0.25) is 0 Å². The topological polar surface area (TPSA) is 29.5 Å². The lowest BCUT2D eigenvalue weighted by Crippen LogP contribution is -2.40. The zero-order valence-electron chi connectivity index (χ0n) is 10.1. The van der Waals surface area contributed by atoms with Crippen molar-refractivity contribution in [1.82, 2.24) is 4.67 Å². The van der Waals surface area contributed by atoms with Crippen LogP contribution < -0.4 is 0 Å². The third kappa shape index (κ3) is 1.91. The molecule has 0 saturated carbocycles. The lowest BCUT2D eigenvalue weighted by atomic mass is 10.1. The Kier molecular flexibility index (Phi) is 2.91. The van der Waals surface area contributed by atoms with Crippen molar-refractivity contribution in [1.29, 1.82) is 0 Å². The van der Waals surface area contributed by atoms with Gasteiger partial charge >= 0.3 is 0 Å². The summed E-state index contributed by atoms with van der Waals surface area (Å²) in [6.45, 7) is 13.6. The molecular formula is C10H22NO2P. The molecule has 1 unspecified atom stereocenters. The van der Waals surface area contributed by atoms with Gasteiger partial charge in [-0.05, 0) is 41.5 Å². The number of rotatable bonds is 0. The highest BCUT2D eigenvalue weighted by molar-refractivity contribution is 7.58. The normalized spacial score (nSPS) is 31.0. The minimum absolute atomic E-state index is 0.0840. The van der Waals surface area contributed by atoms with Crippen LogP contribution in [0.4, 0.5) is 0 Å². The molecule has 0 bridgehead atoms. The minimum atomic E-state index is -2.65. The van der Waals surface area contributed by atoms with Gasteiger partial charge in [-0.25, -0.2) is 4.67 Å². The average molecular weight is 219 g/mol. The fourth-order valence-electron chi connectivity index (χ4n) is 1.74. The zero-order chi connectivity index (χ0) is 11.2. The third-order valence-corrected chi connectivity index (χ3v) is 6.17. The van der Waals surface area contributed by atoms with Crippen LogP contribution in [-0.2, 0) is 9.09 Å². The summed E-state index contributed by atoms with van der Waals surface area (Å²) in [5.41, 5.74) is -0.0840. The maximum Gasteiger partial charge on any atom is 0.278 e. The summed E-state index contributed by atoms with van der Waals surface area (Å²) >= 11 is 0. The fraction of sp³-hybridized carbons (Fsp3) is 1.00. The Labute approximate surface area is 87.3 Å². The molecule has 0 radical (unpaired) electrons. The van der Waals surface area contributed by atoms with Crippen LogP contribution >= 0.6 is 7.52 Å². The van der Waals surface area contributed by atoms with E-state index in [9.17, 15) is 4.57 Å². The van der Waals surface area contributed by atoms with Crippen LogP contribution in [0.15, 0.2) is 0 Å². The van der Waals surface area contributed by atoms with Crippen molar-refractivity contribution < 1.29 is 9.09 Å². The smallest absolute Gasteiger partial charge is 0.278 e. The van der Waals surface area contributed by atoms with E-state index in [0.717, 1.165) is 6.54 Å². The summed E-state index contributed by atoms with van der Waals surface area (Å²) in [5.74, 6) is 0. The molecule has 0 amide bonds. The van der Waals surface area contributed by atoms with E-state index in [2.05, 4.69) is 20.8 Å². The molecule has 1 saturated heterocycles. The molecule has 84 valence electrons. The predicted octanol–water partition coefficient (Wildman–Crippen LogP) is 3.11. The maximum absolute atomic E-state index is 12.7. The summed E-state index contributed by atoms with van der Waals surface area (Å²) in [4.78, 5) is 0. The first-order valence-corrected chi connectivity index (χ1v) is 6.69. The molecule has 4 heteroatoms. The summed E-state index contributed by atoms with van der Waals surface area (Å²) in [6, 6.07) is 0. The van der Waals surface area contributed by atoms with Crippen molar-refractivity contribution in [2.75, 3.05) is 13.2 Å². The van der Waals surface area contributed by atoms with Crippen LogP contribution in [0.1, 0.15) is 41.5 Å². The first-order chi connectivity index (χ1) is 6.09. The van der Waals surface area contributed by atoms with Crippen LogP contribution in [0.25, 0.3) is 0 Å². The van der Waals surface area contributed by atoms with Gasteiger partial charge in [0.15, 0.2) is 0 Å². The summed E-state index contributed by atoms with van der Waals surface area (Å²) < 4.78 is 20.3. The lowest BCUT2D eigenvalue weighted by Gasteiger charge is -2.40. The number of hydrogen-bond acceptors (Lipinski definition) is 2. The summed E-state index contributed by atoms with van der Waals surface area (Å²) in [7, 11) is -2.65. The van der Waals surface area contributed by atoms with E-state index in [4.69, 9.17) is 4.52 Å². The Morgan fingerprint density at radius 3 is 1.93 bits per heavy atom. The van der Waals surface area contributed by atoms with E-state index in [0.29, 0.717) is 6.61 Å². The van der Waals surface area contributed by atoms with E-state index in [1.54, 1.807) is 0 Å². The molecule has 0 spiro atoms. The van der Waals surface area contributed by atoms with E-state index < -0.39 is 7.52 Å². The highest BCUT2D eigenvalue weighted by atomic mass is 31.2. The second-order valence-corrected chi connectivity index (χ2v) is 8.94. The Balaban J connectivity index is 3.06. The Hall–Kier alpha value is 0.150. The van der Waals surface area contributed by atoms with Crippen molar-refractivity contribution in [2.24, 2.45) is 0 Å². The molecular weight excluding hydrogens is 197 g/mol. The molecule has 0 aliphatic carbocycles. The number of hydrogen-bond donors (Lipinski definition) is 0. The quantitative estimate of drug-likeness (QED) is 0.586.